The number of nitrogens with zero attached hydrogens (tertiary/aromatic N) is 4. The molecular weight excluding hydrogens is 387 g/mol. The maximum Gasteiger partial charge on any atom is 0.236 e. The van der Waals surface area contributed by atoms with Crippen molar-refractivity contribution in [2.75, 3.05) is 63.9 Å². The van der Waals surface area contributed by atoms with Crippen LogP contribution >= 0.6 is 23.2 Å². The fourth-order valence-electron chi connectivity index (χ4n) is 3.69. The number of piperazine rings is 1. The van der Waals surface area contributed by atoms with Crippen LogP contribution in [0.1, 0.15) is 19.8 Å². The summed E-state index contributed by atoms with van der Waals surface area (Å²) in [5.74, 6) is 1.59. The molecular formula is C19H28Cl2N4O2. The molecule has 3 rings (SSSR count). The van der Waals surface area contributed by atoms with Crippen molar-refractivity contribution in [3.63, 3.8) is 0 Å². The van der Waals surface area contributed by atoms with Gasteiger partial charge in [0.1, 0.15) is 5.82 Å². The van der Waals surface area contributed by atoms with E-state index in [2.05, 4.69) is 14.8 Å². The number of likely N-dealkylation sites (tertiary alicyclic amines) is 1. The molecule has 0 aliphatic carbocycles. The zero-order chi connectivity index (χ0) is 19.2. The molecule has 0 radical (unpaired) electrons. The van der Waals surface area contributed by atoms with Gasteiger partial charge in [-0.3, -0.25) is 9.69 Å². The highest BCUT2D eigenvalue weighted by Crippen LogP contribution is 2.26. The molecule has 1 amide bonds. The molecule has 0 spiro atoms. The van der Waals surface area contributed by atoms with Crippen LogP contribution in [0, 0.1) is 5.92 Å². The van der Waals surface area contributed by atoms with Crippen molar-refractivity contribution in [1.82, 2.24) is 14.8 Å². The third kappa shape index (κ3) is 5.70. The number of piperidine rings is 1. The van der Waals surface area contributed by atoms with Crippen molar-refractivity contribution in [3.8, 4) is 0 Å². The van der Waals surface area contributed by atoms with Gasteiger partial charge in [0.2, 0.25) is 5.91 Å². The summed E-state index contributed by atoms with van der Waals surface area (Å²) in [7, 11) is 0. The number of amides is 1. The van der Waals surface area contributed by atoms with E-state index in [1.54, 1.807) is 12.3 Å². The zero-order valence-electron chi connectivity index (χ0n) is 15.9. The van der Waals surface area contributed by atoms with Gasteiger partial charge in [0, 0.05) is 45.6 Å². The Morgan fingerprint density at radius 2 is 1.89 bits per heavy atom. The SMILES string of the molecule is CCOCC1CCN(CC(=O)N2CCN(c3ncc(Cl)cc3Cl)CC2)CC1. The molecule has 2 saturated heterocycles. The molecule has 2 fully saturated rings. The van der Waals surface area contributed by atoms with Gasteiger partial charge in [-0.25, -0.2) is 4.98 Å². The highest BCUT2D eigenvalue weighted by atomic mass is 35.5. The van der Waals surface area contributed by atoms with Crippen LogP contribution in [0.2, 0.25) is 10.0 Å². The minimum absolute atomic E-state index is 0.216. The zero-order valence-corrected chi connectivity index (χ0v) is 17.4. The van der Waals surface area contributed by atoms with Gasteiger partial charge in [0.05, 0.1) is 16.6 Å². The minimum Gasteiger partial charge on any atom is -0.381 e. The van der Waals surface area contributed by atoms with Crippen LogP contribution in [0.5, 0.6) is 0 Å². The average molecular weight is 415 g/mol. The summed E-state index contributed by atoms with van der Waals surface area (Å²) < 4.78 is 5.53. The number of anilines is 1. The van der Waals surface area contributed by atoms with Crippen molar-refractivity contribution in [2.24, 2.45) is 5.92 Å². The average Bonchev–Trinajstić information content (AvgIpc) is 2.67. The number of aromatic nitrogens is 1. The molecule has 0 aromatic carbocycles. The maximum atomic E-state index is 12.7. The van der Waals surface area contributed by atoms with Crippen LogP contribution in [-0.2, 0) is 9.53 Å². The predicted octanol–water partition coefficient (Wildman–Crippen LogP) is 2.79. The summed E-state index contributed by atoms with van der Waals surface area (Å²) in [5.41, 5.74) is 0. The lowest BCUT2D eigenvalue weighted by molar-refractivity contribution is -0.133. The molecule has 6 nitrogen and oxygen atoms in total. The van der Waals surface area contributed by atoms with Crippen LogP contribution in [0.15, 0.2) is 12.3 Å². The second-order valence-corrected chi connectivity index (χ2v) is 8.05. The van der Waals surface area contributed by atoms with E-state index in [0.717, 1.165) is 58.1 Å². The van der Waals surface area contributed by atoms with E-state index < -0.39 is 0 Å². The summed E-state index contributed by atoms with van der Waals surface area (Å²) in [5, 5.41) is 1.08. The highest BCUT2D eigenvalue weighted by Gasteiger charge is 2.26. The van der Waals surface area contributed by atoms with Crippen LogP contribution in [0.4, 0.5) is 5.82 Å². The lowest BCUT2D eigenvalue weighted by Crippen LogP contribution is -2.52. The number of hydrogen-bond donors (Lipinski definition) is 0. The molecule has 0 unspecified atom stereocenters. The Kier molecular flexibility index (Phi) is 7.58. The molecule has 1 aromatic rings. The quantitative estimate of drug-likeness (QED) is 0.715. The molecule has 8 heteroatoms. The fourth-order valence-corrected chi connectivity index (χ4v) is 4.19. The smallest absolute Gasteiger partial charge is 0.236 e. The summed E-state index contributed by atoms with van der Waals surface area (Å²) in [4.78, 5) is 23.3. The molecule has 0 N–H and O–H groups in total. The molecule has 2 aliphatic rings. The molecule has 150 valence electrons. The number of ether oxygens (including phenoxy) is 1. The first-order valence-electron chi connectivity index (χ1n) is 9.70. The van der Waals surface area contributed by atoms with Crippen LogP contribution < -0.4 is 4.90 Å². The summed E-state index contributed by atoms with van der Waals surface area (Å²) in [6.07, 6.45) is 3.83. The van der Waals surface area contributed by atoms with Crippen molar-refractivity contribution < 1.29 is 9.53 Å². The van der Waals surface area contributed by atoms with Crippen LogP contribution in [-0.4, -0.2) is 79.7 Å². The molecule has 0 saturated carbocycles. The normalized spacial score (nSPS) is 19.5. The Labute approximate surface area is 171 Å². The van der Waals surface area contributed by atoms with Crippen molar-refractivity contribution in [3.05, 3.63) is 22.3 Å². The van der Waals surface area contributed by atoms with E-state index in [9.17, 15) is 4.79 Å². The Hall–Kier alpha value is -1.08. The van der Waals surface area contributed by atoms with Crippen molar-refractivity contribution >= 4 is 34.9 Å². The second-order valence-electron chi connectivity index (χ2n) is 7.21. The number of carbonyl (C=O) groups excluding carboxylic acids is 1. The van der Waals surface area contributed by atoms with E-state index in [1.165, 1.54) is 0 Å². The van der Waals surface area contributed by atoms with Crippen LogP contribution in [0.25, 0.3) is 0 Å². The minimum atomic E-state index is 0.216. The van der Waals surface area contributed by atoms with Crippen molar-refractivity contribution in [2.45, 2.75) is 19.8 Å². The van der Waals surface area contributed by atoms with E-state index in [1.807, 2.05) is 11.8 Å². The molecule has 1 aromatic heterocycles. The van der Waals surface area contributed by atoms with Crippen LogP contribution in [0.3, 0.4) is 0 Å². The predicted molar refractivity (Wildman–Crippen MR) is 109 cm³/mol. The van der Waals surface area contributed by atoms with Gasteiger partial charge in [-0.15, -0.1) is 0 Å². The Morgan fingerprint density at radius 1 is 1.19 bits per heavy atom. The Bertz CT molecular complexity index is 630. The largest absolute Gasteiger partial charge is 0.381 e. The Morgan fingerprint density at radius 3 is 2.52 bits per heavy atom. The first-order valence-corrected chi connectivity index (χ1v) is 10.5. The van der Waals surface area contributed by atoms with Gasteiger partial charge >= 0.3 is 0 Å². The van der Waals surface area contributed by atoms with E-state index in [4.69, 9.17) is 27.9 Å². The van der Waals surface area contributed by atoms with E-state index in [0.29, 0.717) is 35.6 Å². The number of pyridine rings is 1. The summed E-state index contributed by atoms with van der Waals surface area (Å²) in [6, 6.07) is 1.71. The molecule has 0 atom stereocenters. The molecule has 0 bridgehead atoms. The second kappa shape index (κ2) is 9.92. The first kappa shape index (κ1) is 20.6. The number of hydrogen-bond acceptors (Lipinski definition) is 5. The standard InChI is InChI=1S/C19H28Cl2N4O2/c1-2-27-14-15-3-5-23(6-4-15)13-18(26)24-7-9-25(10-8-24)19-17(21)11-16(20)12-22-19/h11-12,15H,2-10,13-14H2,1H3. The number of rotatable bonds is 6. The fraction of sp³-hybridized carbons (Fsp3) is 0.684. The van der Waals surface area contributed by atoms with Gasteiger partial charge in [0.15, 0.2) is 0 Å². The van der Waals surface area contributed by atoms with Gasteiger partial charge in [0.25, 0.3) is 0 Å². The van der Waals surface area contributed by atoms with Gasteiger partial charge < -0.3 is 14.5 Å². The first-order chi connectivity index (χ1) is 13.1. The number of halogens is 2. The van der Waals surface area contributed by atoms with E-state index >= 15 is 0 Å². The third-order valence-electron chi connectivity index (χ3n) is 5.34. The van der Waals surface area contributed by atoms with Gasteiger partial charge in [-0.1, -0.05) is 23.2 Å². The maximum absolute atomic E-state index is 12.7. The van der Waals surface area contributed by atoms with Crippen molar-refractivity contribution in [1.29, 1.82) is 0 Å². The monoisotopic (exact) mass is 414 g/mol. The van der Waals surface area contributed by atoms with E-state index in [-0.39, 0.29) is 5.91 Å². The van der Waals surface area contributed by atoms with Gasteiger partial charge in [-0.2, -0.15) is 0 Å². The highest BCUT2D eigenvalue weighted by molar-refractivity contribution is 6.36. The Balaban J connectivity index is 1.42. The molecule has 27 heavy (non-hydrogen) atoms. The molecule has 3 heterocycles. The third-order valence-corrected chi connectivity index (χ3v) is 5.83. The van der Waals surface area contributed by atoms with Gasteiger partial charge in [-0.05, 0) is 44.8 Å². The topological polar surface area (TPSA) is 48.9 Å². The summed E-state index contributed by atoms with van der Waals surface area (Å²) in [6.45, 7) is 8.99. The lowest BCUT2D eigenvalue weighted by atomic mass is 9.98. The molecule has 2 aliphatic heterocycles. The summed E-state index contributed by atoms with van der Waals surface area (Å²) >= 11 is 12.2. The lowest BCUT2D eigenvalue weighted by Gasteiger charge is -2.37. The number of carbonyl (C=O) groups is 1.